The van der Waals surface area contributed by atoms with Gasteiger partial charge in [-0.3, -0.25) is 0 Å². The van der Waals surface area contributed by atoms with Crippen molar-refractivity contribution in [3.63, 3.8) is 0 Å². The summed E-state index contributed by atoms with van der Waals surface area (Å²) in [5, 5.41) is 5.57. The summed E-state index contributed by atoms with van der Waals surface area (Å²) < 4.78 is 13.6. The first-order valence-electron chi connectivity index (χ1n) is 5.34. The lowest BCUT2D eigenvalue weighted by molar-refractivity contribution is 0.628. The first-order valence-corrected chi connectivity index (χ1v) is 6.60. The van der Waals surface area contributed by atoms with Crippen molar-refractivity contribution in [2.24, 2.45) is 0 Å². The van der Waals surface area contributed by atoms with E-state index in [1.807, 2.05) is 19.2 Å². The third-order valence-corrected chi connectivity index (χ3v) is 4.14. The van der Waals surface area contributed by atoms with Gasteiger partial charge >= 0.3 is 0 Å². The van der Waals surface area contributed by atoms with Crippen LogP contribution in [-0.4, -0.2) is 0 Å². The molecule has 0 radical (unpaired) electrons. The minimum atomic E-state index is -0.321. The van der Waals surface area contributed by atoms with Gasteiger partial charge in [-0.25, -0.2) is 4.39 Å². The minimum absolute atomic E-state index is 0.0457. The average molecular weight is 270 g/mol. The lowest BCUT2D eigenvalue weighted by Crippen LogP contribution is -2.08. The number of para-hydroxylation sites is 1. The van der Waals surface area contributed by atoms with E-state index in [9.17, 15) is 4.39 Å². The zero-order chi connectivity index (χ0) is 12.4. The van der Waals surface area contributed by atoms with Gasteiger partial charge in [0.05, 0.1) is 16.8 Å². The van der Waals surface area contributed by atoms with Gasteiger partial charge in [0.2, 0.25) is 0 Å². The largest absolute Gasteiger partial charge is 0.374 e. The fourth-order valence-electron chi connectivity index (χ4n) is 1.75. The predicted molar refractivity (Wildman–Crippen MR) is 72.5 cm³/mol. The Labute approximate surface area is 109 Å². The molecule has 1 N–H and O–H groups in total. The minimum Gasteiger partial charge on any atom is -0.374 e. The molecule has 1 unspecified atom stereocenters. The first-order chi connectivity index (χ1) is 8.09. The molecule has 0 spiro atoms. The van der Waals surface area contributed by atoms with E-state index in [4.69, 9.17) is 11.6 Å². The second-order valence-electron chi connectivity index (χ2n) is 3.93. The topological polar surface area (TPSA) is 12.0 Å². The first kappa shape index (κ1) is 12.4. The van der Waals surface area contributed by atoms with E-state index < -0.39 is 0 Å². The van der Waals surface area contributed by atoms with Crippen LogP contribution in [0, 0.1) is 12.7 Å². The van der Waals surface area contributed by atoms with Gasteiger partial charge in [0, 0.05) is 4.88 Å². The number of anilines is 1. The predicted octanol–water partition coefficient (Wildman–Crippen LogP) is 5.02. The van der Waals surface area contributed by atoms with E-state index in [0.717, 1.165) is 0 Å². The van der Waals surface area contributed by atoms with E-state index in [1.165, 1.54) is 16.5 Å². The molecule has 1 nitrogen and oxygen atoms in total. The number of thiophene rings is 1. The molecule has 0 fully saturated rings. The van der Waals surface area contributed by atoms with Gasteiger partial charge in [-0.2, -0.15) is 0 Å². The van der Waals surface area contributed by atoms with Crippen LogP contribution in [0.5, 0.6) is 0 Å². The van der Waals surface area contributed by atoms with Crippen LogP contribution in [-0.2, 0) is 0 Å². The van der Waals surface area contributed by atoms with Crippen LogP contribution in [0.2, 0.25) is 5.02 Å². The molecule has 1 heterocycles. The normalized spacial score (nSPS) is 12.5. The van der Waals surface area contributed by atoms with Crippen molar-refractivity contribution < 1.29 is 4.39 Å². The SMILES string of the molecule is Cc1ccsc1C(C)Nc1c(F)cccc1Cl. The van der Waals surface area contributed by atoms with Crippen molar-refractivity contribution in [3.05, 3.63) is 50.9 Å². The lowest BCUT2D eigenvalue weighted by Gasteiger charge is -2.16. The van der Waals surface area contributed by atoms with Crippen LogP contribution in [0.15, 0.2) is 29.6 Å². The van der Waals surface area contributed by atoms with Gasteiger partial charge < -0.3 is 5.32 Å². The highest BCUT2D eigenvalue weighted by Crippen LogP contribution is 2.31. The molecule has 1 atom stereocenters. The standard InChI is InChI=1S/C13H13ClFNS/c1-8-6-7-17-13(8)9(2)16-12-10(14)4-3-5-11(12)15/h3-7,9,16H,1-2H3. The molecule has 0 aliphatic heterocycles. The van der Waals surface area contributed by atoms with Gasteiger partial charge in [0.1, 0.15) is 5.82 Å². The highest BCUT2D eigenvalue weighted by Gasteiger charge is 2.13. The maximum atomic E-state index is 13.6. The van der Waals surface area contributed by atoms with Gasteiger partial charge in [-0.15, -0.1) is 11.3 Å². The Kier molecular flexibility index (Phi) is 3.69. The molecule has 17 heavy (non-hydrogen) atoms. The van der Waals surface area contributed by atoms with Gasteiger partial charge in [-0.05, 0) is 43.0 Å². The zero-order valence-corrected chi connectivity index (χ0v) is 11.2. The number of rotatable bonds is 3. The number of nitrogens with one attached hydrogen (secondary N) is 1. The van der Waals surface area contributed by atoms with Crippen LogP contribution < -0.4 is 5.32 Å². The summed E-state index contributed by atoms with van der Waals surface area (Å²) in [7, 11) is 0. The van der Waals surface area contributed by atoms with E-state index in [0.29, 0.717) is 10.7 Å². The van der Waals surface area contributed by atoms with E-state index >= 15 is 0 Å². The fraction of sp³-hybridized carbons (Fsp3) is 0.231. The summed E-state index contributed by atoms with van der Waals surface area (Å²) in [4.78, 5) is 1.20. The molecule has 2 aromatic rings. The van der Waals surface area contributed by atoms with E-state index in [2.05, 4.69) is 11.4 Å². The van der Waals surface area contributed by atoms with Gasteiger partial charge in [0.15, 0.2) is 0 Å². The number of halogens is 2. The quantitative estimate of drug-likeness (QED) is 0.825. The molecule has 2 rings (SSSR count). The fourth-order valence-corrected chi connectivity index (χ4v) is 2.90. The van der Waals surface area contributed by atoms with Crippen molar-refractivity contribution in [2.45, 2.75) is 19.9 Å². The molecule has 0 aliphatic carbocycles. The van der Waals surface area contributed by atoms with Crippen molar-refractivity contribution in [3.8, 4) is 0 Å². The summed E-state index contributed by atoms with van der Waals surface area (Å²) in [6.45, 7) is 4.05. The van der Waals surface area contributed by atoms with Crippen LogP contribution in [0.25, 0.3) is 0 Å². The Balaban J connectivity index is 2.25. The summed E-state index contributed by atoms with van der Waals surface area (Å²) in [6.07, 6.45) is 0. The molecule has 1 aromatic carbocycles. The number of hydrogen-bond acceptors (Lipinski definition) is 2. The molecule has 0 bridgehead atoms. The molecule has 0 aliphatic rings. The van der Waals surface area contributed by atoms with Crippen molar-refractivity contribution >= 4 is 28.6 Å². The van der Waals surface area contributed by atoms with Crippen LogP contribution >= 0.6 is 22.9 Å². The molecule has 4 heteroatoms. The number of aryl methyl sites for hydroxylation is 1. The molecular formula is C13H13ClFNS. The average Bonchev–Trinajstić information content (AvgIpc) is 2.70. The Morgan fingerprint density at radius 1 is 1.35 bits per heavy atom. The monoisotopic (exact) mass is 269 g/mol. The Morgan fingerprint density at radius 2 is 2.12 bits per heavy atom. The summed E-state index contributed by atoms with van der Waals surface area (Å²) in [5.41, 5.74) is 1.58. The Morgan fingerprint density at radius 3 is 2.71 bits per heavy atom. The third-order valence-electron chi connectivity index (χ3n) is 2.62. The maximum absolute atomic E-state index is 13.6. The van der Waals surface area contributed by atoms with Crippen LogP contribution in [0.4, 0.5) is 10.1 Å². The van der Waals surface area contributed by atoms with Crippen molar-refractivity contribution in [2.75, 3.05) is 5.32 Å². The molecule has 0 saturated carbocycles. The molecular weight excluding hydrogens is 257 g/mol. The molecule has 90 valence electrons. The second kappa shape index (κ2) is 5.07. The van der Waals surface area contributed by atoms with Gasteiger partial charge in [-0.1, -0.05) is 17.7 Å². The number of hydrogen-bond donors (Lipinski definition) is 1. The third kappa shape index (κ3) is 2.61. The van der Waals surface area contributed by atoms with Gasteiger partial charge in [0.25, 0.3) is 0 Å². The van der Waals surface area contributed by atoms with Crippen LogP contribution in [0.3, 0.4) is 0 Å². The van der Waals surface area contributed by atoms with Crippen molar-refractivity contribution in [1.82, 2.24) is 0 Å². The summed E-state index contributed by atoms with van der Waals surface area (Å²) in [5.74, 6) is -0.321. The lowest BCUT2D eigenvalue weighted by atomic mass is 10.2. The zero-order valence-electron chi connectivity index (χ0n) is 9.63. The Hall–Kier alpha value is -1.06. The highest BCUT2D eigenvalue weighted by atomic mass is 35.5. The maximum Gasteiger partial charge on any atom is 0.147 e. The van der Waals surface area contributed by atoms with E-state index in [-0.39, 0.29) is 11.9 Å². The molecule has 1 aromatic heterocycles. The van der Waals surface area contributed by atoms with Crippen molar-refractivity contribution in [1.29, 1.82) is 0 Å². The van der Waals surface area contributed by atoms with Crippen LogP contribution in [0.1, 0.15) is 23.4 Å². The molecule has 0 saturated heterocycles. The second-order valence-corrected chi connectivity index (χ2v) is 5.29. The molecule has 0 amide bonds. The smallest absolute Gasteiger partial charge is 0.147 e. The summed E-state index contributed by atoms with van der Waals surface area (Å²) >= 11 is 7.64. The highest BCUT2D eigenvalue weighted by molar-refractivity contribution is 7.10. The number of benzene rings is 1. The Bertz CT molecular complexity index is 504. The summed E-state index contributed by atoms with van der Waals surface area (Å²) in [6, 6.07) is 6.79. The van der Waals surface area contributed by atoms with E-state index in [1.54, 1.807) is 23.5 Å².